The molecule has 0 aliphatic heterocycles. The molecular formula is C20H14S2. The van der Waals surface area contributed by atoms with Crippen LogP contribution in [-0.2, 0) is 0 Å². The first-order chi connectivity index (χ1) is 10.9. The molecule has 0 saturated heterocycles. The van der Waals surface area contributed by atoms with Crippen LogP contribution in [0.15, 0.2) is 83.6 Å². The second kappa shape index (κ2) is 5.91. The molecular weight excluding hydrogens is 304 g/mol. The van der Waals surface area contributed by atoms with E-state index in [2.05, 4.69) is 83.6 Å². The van der Waals surface area contributed by atoms with E-state index in [0.29, 0.717) is 0 Å². The Balaban J connectivity index is 0.000000132. The van der Waals surface area contributed by atoms with Crippen LogP contribution >= 0.6 is 22.7 Å². The lowest BCUT2D eigenvalue weighted by Crippen LogP contribution is -1.74. The molecule has 0 spiro atoms. The normalized spacial score (nSPS) is 10.7. The third-order valence-corrected chi connectivity index (χ3v) is 5.58. The summed E-state index contributed by atoms with van der Waals surface area (Å²) in [6.45, 7) is 0. The molecule has 0 atom stereocenters. The van der Waals surface area contributed by atoms with Gasteiger partial charge in [-0.2, -0.15) is 0 Å². The number of benzene rings is 3. The maximum Gasteiger partial charge on any atom is 0.0450 e. The van der Waals surface area contributed by atoms with Crippen molar-refractivity contribution in [3.63, 3.8) is 0 Å². The van der Waals surface area contributed by atoms with E-state index < -0.39 is 0 Å². The summed E-state index contributed by atoms with van der Waals surface area (Å²) in [7, 11) is 0. The standard InChI is InChI=1S/C14H10.C6H4S2/c1-2-6-12-10-14-8-4-3-7-13(14)9-11(12)5-1;1-3-7-6-2-4-8-5(1)6/h1-10H;1-4H. The summed E-state index contributed by atoms with van der Waals surface area (Å²) in [4.78, 5) is 0. The van der Waals surface area contributed by atoms with Gasteiger partial charge in [0.15, 0.2) is 0 Å². The summed E-state index contributed by atoms with van der Waals surface area (Å²) < 4.78 is 2.82. The highest BCUT2D eigenvalue weighted by Gasteiger charge is 1.95. The van der Waals surface area contributed by atoms with E-state index in [1.165, 1.54) is 30.9 Å². The van der Waals surface area contributed by atoms with Gasteiger partial charge in [-0.3, -0.25) is 0 Å². The fraction of sp³-hybridized carbons (Fsp3) is 0. The van der Waals surface area contributed by atoms with Gasteiger partial charge < -0.3 is 0 Å². The average molecular weight is 318 g/mol. The molecule has 0 saturated carbocycles. The van der Waals surface area contributed by atoms with Crippen LogP contribution < -0.4 is 0 Å². The molecule has 0 radical (unpaired) electrons. The van der Waals surface area contributed by atoms with Crippen molar-refractivity contribution < 1.29 is 0 Å². The summed E-state index contributed by atoms with van der Waals surface area (Å²) >= 11 is 3.61. The molecule has 106 valence electrons. The van der Waals surface area contributed by atoms with E-state index in [-0.39, 0.29) is 0 Å². The maximum atomic E-state index is 2.24. The lowest BCUT2D eigenvalue weighted by atomic mass is 10.0. The van der Waals surface area contributed by atoms with Crippen molar-refractivity contribution in [1.29, 1.82) is 0 Å². The molecule has 0 unspecified atom stereocenters. The fourth-order valence-electron chi connectivity index (χ4n) is 2.58. The molecule has 22 heavy (non-hydrogen) atoms. The topological polar surface area (TPSA) is 0 Å². The van der Waals surface area contributed by atoms with Gasteiger partial charge in [-0.1, -0.05) is 48.5 Å². The highest BCUT2D eigenvalue weighted by Crippen LogP contribution is 2.25. The monoisotopic (exact) mass is 318 g/mol. The maximum absolute atomic E-state index is 2.24. The second-order valence-corrected chi connectivity index (χ2v) is 7.01. The molecule has 3 aromatic carbocycles. The van der Waals surface area contributed by atoms with Gasteiger partial charge in [0.2, 0.25) is 0 Å². The zero-order chi connectivity index (χ0) is 14.8. The SMILES string of the molecule is c1cc2sccc2s1.c1ccc2cc3ccccc3cc2c1. The third-order valence-electron chi connectivity index (χ3n) is 3.69. The van der Waals surface area contributed by atoms with Gasteiger partial charge in [0.05, 0.1) is 0 Å². The molecule has 0 fully saturated rings. The quantitative estimate of drug-likeness (QED) is 0.271. The third kappa shape index (κ3) is 2.63. The summed E-state index contributed by atoms with van der Waals surface area (Å²) in [6.07, 6.45) is 0. The molecule has 2 heteroatoms. The minimum absolute atomic E-state index is 1.31. The summed E-state index contributed by atoms with van der Waals surface area (Å²) in [6, 6.07) is 25.7. The molecule has 0 nitrogen and oxygen atoms in total. The van der Waals surface area contributed by atoms with E-state index in [1.54, 1.807) is 22.7 Å². The van der Waals surface area contributed by atoms with Gasteiger partial charge >= 0.3 is 0 Å². The van der Waals surface area contributed by atoms with Gasteiger partial charge in [-0.15, -0.1) is 22.7 Å². The van der Waals surface area contributed by atoms with E-state index in [9.17, 15) is 0 Å². The number of rotatable bonds is 0. The smallest absolute Gasteiger partial charge is 0.0450 e. The first-order valence-electron chi connectivity index (χ1n) is 7.18. The van der Waals surface area contributed by atoms with Crippen molar-refractivity contribution in [2.45, 2.75) is 0 Å². The van der Waals surface area contributed by atoms with Crippen molar-refractivity contribution >= 4 is 53.6 Å². The summed E-state index contributed by atoms with van der Waals surface area (Å²) in [5.41, 5.74) is 0. The Morgan fingerprint density at radius 1 is 0.455 bits per heavy atom. The predicted octanol–water partition coefficient (Wildman–Crippen LogP) is 6.96. The Morgan fingerprint density at radius 2 is 0.818 bits per heavy atom. The lowest BCUT2D eigenvalue weighted by Gasteiger charge is -2.00. The number of hydrogen-bond acceptors (Lipinski definition) is 2. The number of hydrogen-bond donors (Lipinski definition) is 0. The van der Waals surface area contributed by atoms with Gasteiger partial charge in [0, 0.05) is 9.40 Å². The lowest BCUT2D eigenvalue weighted by molar-refractivity contribution is 1.76. The number of thiophene rings is 2. The molecule has 5 aromatic rings. The molecule has 5 rings (SSSR count). The van der Waals surface area contributed by atoms with Crippen LogP contribution in [0.5, 0.6) is 0 Å². The van der Waals surface area contributed by atoms with Crippen LogP contribution in [-0.4, -0.2) is 0 Å². The number of fused-ring (bicyclic) bond motifs is 3. The summed E-state index contributed by atoms with van der Waals surface area (Å²) in [5.74, 6) is 0. The van der Waals surface area contributed by atoms with Crippen molar-refractivity contribution in [2.24, 2.45) is 0 Å². The Bertz CT molecular complexity index is 881. The van der Waals surface area contributed by atoms with Crippen LogP contribution in [0.2, 0.25) is 0 Å². The largest absolute Gasteiger partial charge is 0.143 e. The van der Waals surface area contributed by atoms with Gasteiger partial charge in [0.25, 0.3) is 0 Å². The zero-order valence-electron chi connectivity index (χ0n) is 11.9. The van der Waals surface area contributed by atoms with E-state index in [1.807, 2.05) is 0 Å². The first kappa shape index (κ1) is 13.5. The zero-order valence-corrected chi connectivity index (χ0v) is 13.5. The predicted molar refractivity (Wildman–Crippen MR) is 101 cm³/mol. The van der Waals surface area contributed by atoms with Crippen LogP contribution in [0, 0.1) is 0 Å². The van der Waals surface area contributed by atoms with Crippen LogP contribution in [0.4, 0.5) is 0 Å². The highest BCUT2D eigenvalue weighted by atomic mass is 32.1. The summed E-state index contributed by atoms with van der Waals surface area (Å²) in [5, 5.41) is 9.50. The van der Waals surface area contributed by atoms with E-state index >= 15 is 0 Å². The minimum atomic E-state index is 1.31. The van der Waals surface area contributed by atoms with Crippen LogP contribution in [0.1, 0.15) is 0 Å². The van der Waals surface area contributed by atoms with Crippen molar-refractivity contribution in [3.05, 3.63) is 83.6 Å². The fourth-order valence-corrected chi connectivity index (χ4v) is 4.40. The van der Waals surface area contributed by atoms with E-state index in [0.717, 1.165) is 0 Å². The Labute approximate surface area is 137 Å². The van der Waals surface area contributed by atoms with Gasteiger partial charge in [-0.05, 0) is 56.6 Å². The molecule has 0 amide bonds. The van der Waals surface area contributed by atoms with Gasteiger partial charge in [0.1, 0.15) is 0 Å². The van der Waals surface area contributed by atoms with Crippen molar-refractivity contribution in [3.8, 4) is 0 Å². The molecule has 2 heterocycles. The first-order valence-corrected chi connectivity index (χ1v) is 8.94. The van der Waals surface area contributed by atoms with E-state index in [4.69, 9.17) is 0 Å². The van der Waals surface area contributed by atoms with Gasteiger partial charge in [-0.25, -0.2) is 0 Å². The minimum Gasteiger partial charge on any atom is -0.143 e. The highest BCUT2D eigenvalue weighted by molar-refractivity contribution is 7.25. The Hall–Kier alpha value is -2.16. The Morgan fingerprint density at radius 3 is 1.18 bits per heavy atom. The Kier molecular flexibility index (Phi) is 3.63. The van der Waals surface area contributed by atoms with Crippen molar-refractivity contribution in [2.75, 3.05) is 0 Å². The van der Waals surface area contributed by atoms with Crippen molar-refractivity contribution in [1.82, 2.24) is 0 Å². The molecule has 0 bridgehead atoms. The van der Waals surface area contributed by atoms with Crippen LogP contribution in [0.25, 0.3) is 30.9 Å². The molecule has 0 N–H and O–H groups in total. The average Bonchev–Trinajstić information content (AvgIpc) is 3.18. The molecule has 0 aliphatic carbocycles. The molecule has 2 aromatic heterocycles. The van der Waals surface area contributed by atoms with Crippen LogP contribution in [0.3, 0.4) is 0 Å². The second-order valence-electron chi connectivity index (χ2n) is 5.12. The molecule has 0 aliphatic rings.